The fraction of sp³-hybridized carbons (Fsp3) is 0.294. The number of halogens is 1. The second-order valence-corrected chi connectivity index (χ2v) is 5.74. The molecule has 1 aliphatic rings. The second-order valence-electron chi connectivity index (χ2n) is 5.30. The van der Waals surface area contributed by atoms with Crippen LogP contribution in [0.1, 0.15) is 23.2 Å². The first-order chi connectivity index (χ1) is 10.7. The van der Waals surface area contributed by atoms with Crippen LogP contribution >= 0.6 is 11.6 Å². The highest BCUT2D eigenvalue weighted by molar-refractivity contribution is 6.30. The van der Waals surface area contributed by atoms with Crippen LogP contribution in [0.5, 0.6) is 5.75 Å². The molecule has 1 aromatic heterocycles. The summed E-state index contributed by atoms with van der Waals surface area (Å²) in [6, 6.07) is 10.7. The van der Waals surface area contributed by atoms with Crippen molar-refractivity contribution in [2.24, 2.45) is 0 Å². The van der Waals surface area contributed by atoms with E-state index in [1.165, 1.54) is 0 Å². The number of hydrogen-bond donors (Lipinski definition) is 0. The van der Waals surface area contributed by atoms with E-state index < -0.39 is 0 Å². The van der Waals surface area contributed by atoms with Crippen LogP contribution in [0.25, 0.3) is 0 Å². The quantitative estimate of drug-likeness (QED) is 0.871. The van der Waals surface area contributed by atoms with E-state index in [-0.39, 0.29) is 12.0 Å². The number of pyridine rings is 1. The van der Waals surface area contributed by atoms with Crippen LogP contribution in [0.15, 0.2) is 48.8 Å². The summed E-state index contributed by atoms with van der Waals surface area (Å²) in [4.78, 5) is 18.3. The molecule has 0 spiro atoms. The molecular formula is C17H17ClN2O2. The van der Waals surface area contributed by atoms with Crippen molar-refractivity contribution in [1.82, 2.24) is 9.88 Å². The molecule has 5 heteroatoms. The Morgan fingerprint density at radius 3 is 2.36 bits per heavy atom. The van der Waals surface area contributed by atoms with E-state index in [2.05, 4.69) is 4.98 Å². The van der Waals surface area contributed by atoms with Gasteiger partial charge in [0.2, 0.25) is 0 Å². The van der Waals surface area contributed by atoms with Gasteiger partial charge >= 0.3 is 0 Å². The van der Waals surface area contributed by atoms with E-state index in [0.717, 1.165) is 18.6 Å². The number of likely N-dealkylation sites (tertiary alicyclic amines) is 1. The third-order valence-corrected chi connectivity index (χ3v) is 4.02. The maximum Gasteiger partial charge on any atom is 0.253 e. The summed E-state index contributed by atoms with van der Waals surface area (Å²) >= 11 is 5.85. The Kier molecular flexibility index (Phi) is 4.59. The molecule has 1 aromatic carbocycles. The average molecular weight is 317 g/mol. The Hall–Kier alpha value is -2.07. The zero-order valence-electron chi connectivity index (χ0n) is 12.1. The molecule has 3 rings (SSSR count). The summed E-state index contributed by atoms with van der Waals surface area (Å²) in [6.07, 6.45) is 5.25. The number of carbonyl (C=O) groups is 1. The molecule has 114 valence electrons. The van der Waals surface area contributed by atoms with Crippen LogP contribution in [-0.4, -0.2) is 35.0 Å². The summed E-state index contributed by atoms with van der Waals surface area (Å²) < 4.78 is 5.91. The predicted molar refractivity (Wildman–Crippen MR) is 85.2 cm³/mol. The Morgan fingerprint density at radius 2 is 1.73 bits per heavy atom. The molecule has 0 N–H and O–H groups in total. The van der Waals surface area contributed by atoms with Crippen molar-refractivity contribution in [2.45, 2.75) is 18.9 Å². The Labute approximate surface area is 134 Å². The summed E-state index contributed by atoms with van der Waals surface area (Å²) in [5, 5.41) is 0.640. The van der Waals surface area contributed by atoms with E-state index in [4.69, 9.17) is 16.3 Å². The van der Waals surface area contributed by atoms with Gasteiger partial charge < -0.3 is 9.64 Å². The van der Waals surface area contributed by atoms with Crippen LogP contribution in [0, 0.1) is 0 Å². The van der Waals surface area contributed by atoms with Gasteiger partial charge in [0, 0.05) is 48.9 Å². The fourth-order valence-electron chi connectivity index (χ4n) is 2.56. The molecule has 4 nitrogen and oxygen atoms in total. The number of amides is 1. The second kappa shape index (κ2) is 6.79. The summed E-state index contributed by atoms with van der Waals surface area (Å²) in [5.74, 6) is 0.886. The topological polar surface area (TPSA) is 42.4 Å². The summed E-state index contributed by atoms with van der Waals surface area (Å²) in [7, 11) is 0. The first-order valence-electron chi connectivity index (χ1n) is 7.34. The standard InChI is InChI=1S/C17H17ClN2O2/c18-14-3-1-13(2-4-14)17(21)20-11-7-16(8-12-20)22-15-5-9-19-10-6-15/h1-6,9-10,16H,7-8,11-12H2. The highest BCUT2D eigenvalue weighted by Crippen LogP contribution is 2.20. The minimum absolute atomic E-state index is 0.0547. The van der Waals surface area contributed by atoms with Crippen molar-refractivity contribution in [1.29, 1.82) is 0 Å². The predicted octanol–water partition coefficient (Wildman–Crippen LogP) is 3.42. The molecule has 0 aliphatic carbocycles. The molecule has 2 heterocycles. The summed E-state index contributed by atoms with van der Waals surface area (Å²) in [5.41, 5.74) is 0.679. The lowest BCUT2D eigenvalue weighted by molar-refractivity contribution is 0.0595. The van der Waals surface area contributed by atoms with Crippen molar-refractivity contribution in [3.63, 3.8) is 0 Å². The maximum absolute atomic E-state index is 12.4. The first-order valence-corrected chi connectivity index (χ1v) is 7.72. The molecule has 1 saturated heterocycles. The zero-order valence-corrected chi connectivity index (χ0v) is 12.9. The van der Waals surface area contributed by atoms with Gasteiger partial charge in [-0.15, -0.1) is 0 Å². The summed E-state index contributed by atoms with van der Waals surface area (Å²) in [6.45, 7) is 1.41. The lowest BCUT2D eigenvalue weighted by atomic mass is 10.1. The molecule has 0 radical (unpaired) electrons. The smallest absolute Gasteiger partial charge is 0.253 e. The molecular weight excluding hydrogens is 300 g/mol. The Morgan fingerprint density at radius 1 is 1.09 bits per heavy atom. The van der Waals surface area contributed by atoms with E-state index in [9.17, 15) is 4.79 Å². The molecule has 1 amide bonds. The van der Waals surface area contributed by atoms with Crippen molar-refractivity contribution < 1.29 is 9.53 Å². The number of piperidine rings is 1. The Bertz CT molecular complexity index is 623. The molecule has 2 aromatic rings. The highest BCUT2D eigenvalue weighted by atomic mass is 35.5. The normalized spacial score (nSPS) is 15.6. The maximum atomic E-state index is 12.4. The molecule has 0 unspecified atom stereocenters. The van der Waals surface area contributed by atoms with Crippen LogP contribution < -0.4 is 4.74 Å². The van der Waals surface area contributed by atoms with Gasteiger partial charge in [0.15, 0.2) is 0 Å². The molecule has 0 bridgehead atoms. The van der Waals surface area contributed by atoms with Crippen LogP contribution in [0.3, 0.4) is 0 Å². The number of benzene rings is 1. The van der Waals surface area contributed by atoms with Gasteiger partial charge in [-0.05, 0) is 36.4 Å². The molecule has 22 heavy (non-hydrogen) atoms. The number of nitrogens with zero attached hydrogens (tertiary/aromatic N) is 2. The van der Waals surface area contributed by atoms with Crippen LogP contribution in [0.2, 0.25) is 5.02 Å². The lowest BCUT2D eigenvalue weighted by Gasteiger charge is -2.32. The average Bonchev–Trinajstić information content (AvgIpc) is 2.57. The van der Waals surface area contributed by atoms with Crippen LogP contribution in [-0.2, 0) is 0 Å². The van der Waals surface area contributed by atoms with Crippen molar-refractivity contribution >= 4 is 17.5 Å². The molecule has 1 fully saturated rings. The van der Waals surface area contributed by atoms with E-state index in [0.29, 0.717) is 23.7 Å². The van der Waals surface area contributed by atoms with Gasteiger partial charge in [-0.25, -0.2) is 0 Å². The van der Waals surface area contributed by atoms with E-state index >= 15 is 0 Å². The van der Waals surface area contributed by atoms with Gasteiger partial charge in [0.05, 0.1) is 0 Å². The van der Waals surface area contributed by atoms with Crippen LogP contribution in [0.4, 0.5) is 0 Å². The lowest BCUT2D eigenvalue weighted by Crippen LogP contribution is -2.41. The van der Waals surface area contributed by atoms with Gasteiger partial charge in [-0.1, -0.05) is 11.6 Å². The monoisotopic (exact) mass is 316 g/mol. The third-order valence-electron chi connectivity index (χ3n) is 3.77. The minimum atomic E-state index is 0.0547. The molecule has 0 saturated carbocycles. The van der Waals surface area contributed by atoms with Gasteiger partial charge in [0.1, 0.15) is 11.9 Å². The van der Waals surface area contributed by atoms with Crippen molar-refractivity contribution in [3.05, 3.63) is 59.4 Å². The fourth-order valence-corrected chi connectivity index (χ4v) is 2.69. The van der Waals surface area contributed by atoms with E-state index in [1.54, 1.807) is 36.7 Å². The zero-order chi connectivity index (χ0) is 15.4. The molecule has 1 aliphatic heterocycles. The van der Waals surface area contributed by atoms with Crippen molar-refractivity contribution in [3.8, 4) is 5.75 Å². The number of ether oxygens (including phenoxy) is 1. The highest BCUT2D eigenvalue weighted by Gasteiger charge is 2.24. The van der Waals surface area contributed by atoms with Gasteiger partial charge in [0.25, 0.3) is 5.91 Å². The number of hydrogen-bond acceptors (Lipinski definition) is 3. The van der Waals surface area contributed by atoms with E-state index in [1.807, 2.05) is 17.0 Å². The number of carbonyl (C=O) groups excluding carboxylic acids is 1. The number of rotatable bonds is 3. The first kappa shape index (κ1) is 14.9. The third kappa shape index (κ3) is 3.57. The molecule has 0 atom stereocenters. The largest absolute Gasteiger partial charge is 0.490 e. The SMILES string of the molecule is O=C(c1ccc(Cl)cc1)N1CCC(Oc2ccncc2)CC1. The van der Waals surface area contributed by atoms with Crippen molar-refractivity contribution in [2.75, 3.05) is 13.1 Å². The minimum Gasteiger partial charge on any atom is -0.490 e. The van der Waals surface area contributed by atoms with Gasteiger partial charge in [-0.2, -0.15) is 0 Å². The van der Waals surface area contributed by atoms with Gasteiger partial charge in [-0.3, -0.25) is 9.78 Å². The number of aromatic nitrogens is 1. The Balaban J connectivity index is 1.55.